The number of unbranched alkanes of at least 4 members (excludes halogenated alkanes) is 15. The molecule has 0 fully saturated rings. The van der Waals surface area contributed by atoms with E-state index < -0.39 is 24.6 Å². The first-order valence-corrected chi connectivity index (χ1v) is 18.1. The highest BCUT2D eigenvalue weighted by molar-refractivity contribution is 5.98. The lowest BCUT2D eigenvalue weighted by atomic mass is 9.93. The van der Waals surface area contributed by atoms with Gasteiger partial charge in [-0.1, -0.05) is 133 Å². The van der Waals surface area contributed by atoms with Crippen LogP contribution >= 0.6 is 0 Å². The fourth-order valence-electron chi connectivity index (χ4n) is 5.08. The molecule has 0 aromatic rings. The van der Waals surface area contributed by atoms with Crippen LogP contribution in [-0.4, -0.2) is 41.3 Å². The van der Waals surface area contributed by atoms with Gasteiger partial charge in [0.05, 0.1) is 6.61 Å². The van der Waals surface area contributed by atoms with Gasteiger partial charge >= 0.3 is 5.97 Å². The summed E-state index contributed by atoms with van der Waals surface area (Å²) in [5, 5.41) is 18.6. The Balaban J connectivity index is 4.17. The maximum atomic E-state index is 13.0. The molecule has 0 bridgehead atoms. The predicted octanol–water partition coefficient (Wildman–Crippen LogP) is 10.3. The van der Waals surface area contributed by atoms with Crippen LogP contribution in [-0.2, 0) is 14.3 Å². The zero-order valence-corrected chi connectivity index (χ0v) is 28.6. The van der Waals surface area contributed by atoms with Crippen LogP contribution in [0, 0.1) is 5.92 Å². The Morgan fingerprint density at radius 2 is 1.09 bits per heavy atom. The first kappa shape index (κ1) is 42.0. The second kappa shape index (κ2) is 33.9. The molecule has 0 saturated carbocycles. The molecular formula is C39H68O5. The summed E-state index contributed by atoms with van der Waals surface area (Å²) in [6.07, 6.45) is 41.3. The van der Waals surface area contributed by atoms with Crippen molar-refractivity contribution in [2.24, 2.45) is 5.92 Å². The van der Waals surface area contributed by atoms with Crippen LogP contribution in [0.25, 0.3) is 0 Å². The zero-order chi connectivity index (χ0) is 32.4. The quantitative estimate of drug-likeness (QED) is 0.0340. The summed E-state index contributed by atoms with van der Waals surface area (Å²) in [5.41, 5.74) is 0. The Morgan fingerprint density at radius 1 is 0.614 bits per heavy atom. The van der Waals surface area contributed by atoms with E-state index in [1.165, 1.54) is 57.8 Å². The lowest BCUT2D eigenvalue weighted by molar-refractivity contribution is -0.155. The Bertz CT molecular complexity index is 766. The highest BCUT2D eigenvalue weighted by Gasteiger charge is 2.27. The van der Waals surface area contributed by atoms with Crippen LogP contribution in [0.3, 0.4) is 0 Å². The van der Waals surface area contributed by atoms with E-state index in [1.807, 2.05) is 0 Å². The van der Waals surface area contributed by atoms with Crippen LogP contribution in [0.15, 0.2) is 48.6 Å². The summed E-state index contributed by atoms with van der Waals surface area (Å²) in [7, 11) is 0. The van der Waals surface area contributed by atoms with E-state index in [9.17, 15) is 14.7 Å². The second-order valence-corrected chi connectivity index (χ2v) is 12.1. The number of esters is 1. The van der Waals surface area contributed by atoms with Crippen LogP contribution in [0.5, 0.6) is 0 Å². The van der Waals surface area contributed by atoms with Crippen LogP contribution in [0.2, 0.25) is 0 Å². The van der Waals surface area contributed by atoms with E-state index in [-0.39, 0.29) is 12.4 Å². The maximum Gasteiger partial charge on any atom is 0.316 e. The average Bonchev–Trinajstić information content (AvgIpc) is 3.03. The van der Waals surface area contributed by atoms with Crippen LogP contribution < -0.4 is 0 Å². The number of carbonyl (C=O) groups is 2. The molecule has 0 aromatic carbocycles. The summed E-state index contributed by atoms with van der Waals surface area (Å²) < 4.78 is 5.18. The predicted molar refractivity (Wildman–Crippen MR) is 187 cm³/mol. The summed E-state index contributed by atoms with van der Waals surface area (Å²) in [4.78, 5) is 25.6. The van der Waals surface area contributed by atoms with Crippen molar-refractivity contribution < 1.29 is 24.5 Å². The van der Waals surface area contributed by atoms with Crippen molar-refractivity contribution in [2.45, 2.75) is 168 Å². The second-order valence-electron chi connectivity index (χ2n) is 12.1. The number of carbonyl (C=O) groups excluding carboxylic acids is 2. The molecule has 0 heterocycles. The number of aliphatic hydroxyl groups excluding tert-OH is 2. The fraction of sp³-hybridized carbons (Fsp3) is 0.744. The minimum Gasteiger partial charge on any atom is -0.462 e. The molecule has 0 spiro atoms. The highest BCUT2D eigenvalue weighted by atomic mass is 16.5. The van der Waals surface area contributed by atoms with Gasteiger partial charge in [-0.2, -0.15) is 0 Å². The van der Waals surface area contributed by atoms with E-state index in [2.05, 4.69) is 62.5 Å². The molecule has 0 aliphatic carbocycles. The number of ether oxygens (including phenoxy) is 1. The van der Waals surface area contributed by atoms with E-state index in [1.54, 1.807) is 0 Å². The summed E-state index contributed by atoms with van der Waals surface area (Å²) >= 11 is 0. The van der Waals surface area contributed by atoms with Crippen molar-refractivity contribution in [3.05, 3.63) is 48.6 Å². The monoisotopic (exact) mass is 617 g/mol. The number of hydrogen-bond donors (Lipinski definition) is 2. The molecule has 0 amide bonds. The average molecular weight is 617 g/mol. The first-order valence-electron chi connectivity index (χ1n) is 18.1. The number of hydrogen-bond acceptors (Lipinski definition) is 5. The zero-order valence-electron chi connectivity index (χ0n) is 28.6. The molecule has 0 aliphatic heterocycles. The molecule has 0 aliphatic rings. The third-order valence-electron chi connectivity index (χ3n) is 7.88. The van der Waals surface area contributed by atoms with Gasteiger partial charge in [-0.3, -0.25) is 9.59 Å². The lowest BCUT2D eigenvalue weighted by Crippen LogP contribution is -2.30. The van der Waals surface area contributed by atoms with Gasteiger partial charge in [0.25, 0.3) is 0 Å². The van der Waals surface area contributed by atoms with Crippen molar-refractivity contribution in [3.8, 4) is 0 Å². The van der Waals surface area contributed by atoms with Gasteiger partial charge in [0.15, 0.2) is 0 Å². The Labute approximate surface area is 271 Å². The molecule has 44 heavy (non-hydrogen) atoms. The smallest absolute Gasteiger partial charge is 0.316 e. The van der Waals surface area contributed by atoms with Gasteiger partial charge in [-0.15, -0.1) is 0 Å². The van der Waals surface area contributed by atoms with Crippen LogP contribution in [0.4, 0.5) is 0 Å². The number of allylic oxidation sites excluding steroid dienone is 8. The molecule has 5 nitrogen and oxygen atoms in total. The molecule has 0 rings (SSSR count). The van der Waals surface area contributed by atoms with Gasteiger partial charge in [-0.05, 0) is 70.6 Å². The molecule has 254 valence electrons. The largest absolute Gasteiger partial charge is 0.462 e. The minimum absolute atomic E-state index is 0.0488. The lowest BCUT2D eigenvalue weighted by Gasteiger charge is -2.16. The van der Waals surface area contributed by atoms with Crippen molar-refractivity contribution in [1.82, 2.24) is 0 Å². The van der Waals surface area contributed by atoms with Gasteiger partial charge in [0, 0.05) is 6.42 Å². The van der Waals surface area contributed by atoms with E-state index in [0.29, 0.717) is 12.8 Å². The molecule has 0 saturated heterocycles. The molecule has 0 aromatic heterocycles. The van der Waals surface area contributed by atoms with Gasteiger partial charge in [-0.25, -0.2) is 0 Å². The Hall–Kier alpha value is -1.98. The van der Waals surface area contributed by atoms with Crippen LogP contribution in [0.1, 0.15) is 162 Å². The Kier molecular flexibility index (Phi) is 32.4. The topological polar surface area (TPSA) is 83.8 Å². The standard InChI is InChI=1S/C39H68O5/c1-3-5-7-9-11-13-15-17-19-21-23-25-27-29-31-33-38(42)37(39(43)44-35-36(41)34-40)32-30-28-26-24-22-20-18-16-14-12-10-8-6-4-2/h6,8,12,14,17-20,36-37,40-41H,3-5,7,9-11,13,15-16,21-35H2,1-2H3/b8-6-,14-12-,19-17-,20-18-. The SMILES string of the molecule is CC/C=C\C/C=C\C/C=C\CCCCCCC(C(=O)CCCCCCC/C=C\CCCCCCCC)C(=O)OCC(O)CO. The first-order chi connectivity index (χ1) is 21.6. The number of ketones is 1. The number of Topliss-reactive ketones (excluding diaryl/α,β-unsaturated/α-hetero) is 1. The molecule has 0 radical (unpaired) electrons. The van der Waals surface area contributed by atoms with E-state index in [0.717, 1.165) is 77.0 Å². The van der Waals surface area contributed by atoms with E-state index in [4.69, 9.17) is 9.84 Å². The third-order valence-corrected chi connectivity index (χ3v) is 7.88. The molecule has 5 heteroatoms. The van der Waals surface area contributed by atoms with Crippen molar-refractivity contribution in [3.63, 3.8) is 0 Å². The highest BCUT2D eigenvalue weighted by Crippen LogP contribution is 2.19. The summed E-state index contributed by atoms with van der Waals surface area (Å²) in [5.74, 6) is -1.37. The summed E-state index contributed by atoms with van der Waals surface area (Å²) in [6.45, 7) is 3.65. The van der Waals surface area contributed by atoms with Gasteiger partial charge in [0.1, 0.15) is 24.4 Å². The molecule has 2 N–H and O–H groups in total. The molecular weight excluding hydrogens is 548 g/mol. The van der Waals surface area contributed by atoms with Crippen molar-refractivity contribution in [1.29, 1.82) is 0 Å². The van der Waals surface area contributed by atoms with Gasteiger partial charge < -0.3 is 14.9 Å². The van der Waals surface area contributed by atoms with Crippen molar-refractivity contribution >= 4 is 11.8 Å². The molecule has 2 atom stereocenters. The van der Waals surface area contributed by atoms with Gasteiger partial charge in [0.2, 0.25) is 0 Å². The van der Waals surface area contributed by atoms with E-state index >= 15 is 0 Å². The maximum absolute atomic E-state index is 13.0. The summed E-state index contributed by atoms with van der Waals surface area (Å²) in [6, 6.07) is 0. The minimum atomic E-state index is -1.11. The third kappa shape index (κ3) is 28.8. The molecule has 2 unspecified atom stereocenters. The normalized spacial score (nSPS) is 13.5. The number of rotatable bonds is 32. The van der Waals surface area contributed by atoms with Crippen molar-refractivity contribution in [2.75, 3.05) is 13.2 Å². The Morgan fingerprint density at radius 3 is 1.66 bits per heavy atom. The number of aliphatic hydroxyl groups is 2. The fourth-order valence-corrected chi connectivity index (χ4v) is 5.08.